The maximum Gasteiger partial charge on any atom is 0.255 e. The molecule has 1 amide bonds. The third-order valence-corrected chi connectivity index (χ3v) is 4.70. The smallest absolute Gasteiger partial charge is 0.255 e. The molecule has 0 radical (unpaired) electrons. The molecule has 6 heteroatoms. The average molecular weight is 365 g/mol. The predicted octanol–water partition coefficient (Wildman–Crippen LogP) is 4.39. The van der Waals surface area contributed by atoms with Crippen LogP contribution in [0.4, 0.5) is 11.4 Å². The van der Waals surface area contributed by atoms with E-state index in [1.807, 2.05) is 25.1 Å². The number of hydrogen-bond donors (Lipinski definition) is 1. The van der Waals surface area contributed by atoms with Crippen LogP contribution in [-0.4, -0.2) is 32.2 Å². The van der Waals surface area contributed by atoms with Crippen LogP contribution in [0.5, 0.6) is 0 Å². The first-order valence-corrected chi connectivity index (χ1v) is 8.50. The van der Waals surface area contributed by atoms with Gasteiger partial charge in [-0.1, -0.05) is 29.3 Å². The van der Waals surface area contributed by atoms with Crippen LogP contribution in [0.1, 0.15) is 15.9 Å². The lowest BCUT2D eigenvalue weighted by atomic mass is 10.1. The van der Waals surface area contributed by atoms with Gasteiger partial charge in [-0.3, -0.25) is 4.79 Å². The zero-order chi connectivity index (χ0) is 17.1. The first kappa shape index (κ1) is 17.1. The summed E-state index contributed by atoms with van der Waals surface area (Å²) in [5, 5.41) is 4.03. The summed E-state index contributed by atoms with van der Waals surface area (Å²) in [6, 6.07) is 10.8. The van der Waals surface area contributed by atoms with E-state index >= 15 is 0 Å². The summed E-state index contributed by atoms with van der Waals surface area (Å²) in [6.07, 6.45) is 0. The molecular weight excluding hydrogens is 347 g/mol. The number of nitrogens with one attached hydrogen (secondary N) is 1. The van der Waals surface area contributed by atoms with Gasteiger partial charge in [-0.25, -0.2) is 0 Å². The van der Waals surface area contributed by atoms with E-state index in [1.54, 1.807) is 18.2 Å². The zero-order valence-corrected chi connectivity index (χ0v) is 14.8. The Morgan fingerprint density at radius 2 is 1.83 bits per heavy atom. The van der Waals surface area contributed by atoms with Crippen molar-refractivity contribution in [3.05, 3.63) is 57.6 Å². The molecule has 0 atom stereocenters. The summed E-state index contributed by atoms with van der Waals surface area (Å²) in [5.41, 5.74) is 3.06. The van der Waals surface area contributed by atoms with Crippen molar-refractivity contribution in [2.45, 2.75) is 6.92 Å². The average Bonchev–Trinajstić information content (AvgIpc) is 2.58. The number of carbonyl (C=O) groups is 1. The third kappa shape index (κ3) is 3.83. The molecule has 1 N–H and O–H groups in total. The number of rotatable bonds is 3. The molecule has 0 aliphatic carbocycles. The summed E-state index contributed by atoms with van der Waals surface area (Å²) in [6.45, 7) is 4.92. The Bertz CT molecular complexity index is 759. The number of anilines is 2. The van der Waals surface area contributed by atoms with Gasteiger partial charge in [0.1, 0.15) is 0 Å². The first-order valence-electron chi connectivity index (χ1n) is 7.74. The summed E-state index contributed by atoms with van der Waals surface area (Å²) in [4.78, 5) is 14.5. The molecule has 1 heterocycles. The van der Waals surface area contributed by atoms with Gasteiger partial charge >= 0.3 is 0 Å². The number of halogens is 2. The van der Waals surface area contributed by atoms with Crippen LogP contribution in [-0.2, 0) is 4.74 Å². The number of nitrogens with zero attached hydrogens (tertiary/aromatic N) is 1. The van der Waals surface area contributed by atoms with Crippen molar-refractivity contribution in [3.8, 4) is 0 Å². The van der Waals surface area contributed by atoms with Gasteiger partial charge in [-0.15, -0.1) is 0 Å². The topological polar surface area (TPSA) is 41.6 Å². The third-order valence-electron chi connectivity index (χ3n) is 3.99. The summed E-state index contributed by atoms with van der Waals surface area (Å²) in [5.74, 6) is -0.216. The molecule has 1 saturated heterocycles. The molecule has 2 aromatic carbocycles. The van der Waals surface area contributed by atoms with Crippen molar-refractivity contribution in [1.29, 1.82) is 0 Å². The number of ether oxygens (including phenoxy) is 1. The van der Waals surface area contributed by atoms with Crippen LogP contribution < -0.4 is 10.2 Å². The molecular formula is C18H18Cl2N2O2. The fourth-order valence-corrected chi connectivity index (χ4v) is 3.06. The number of hydrogen-bond acceptors (Lipinski definition) is 3. The number of benzene rings is 2. The van der Waals surface area contributed by atoms with Crippen LogP contribution in [0.3, 0.4) is 0 Å². The van der Waals surface area contributed by atoms with Crippen LogP contribution in [0, 0.1) is 6.92 Å². The van der Waals surface area contributed by atoms with Gasteiger partial charge in [0, 0.05) is 29.4 Å². The van der Waals surface area contributed by atoms with Gasteiger partial charge in [-0.05, 0) is 42.8 Å². The van der Waals surface area contributed by atoms with E-state index in [4.69, 9.17) is 27.9 Å². The Morgan fingerprint density at radius 3 is 2.50 bits per heavy atom. The maximum atomic E-state index is 12.3. The van der Waals surface area contributed by atoms with E-state index in [2.05, 4.69) is 10.2 Å². The number of carbonyl (C=O) groups excluding carboxylic acids is 1. The van der Waals surface area contributed by atoms with Crippen molar-refractivity contribution in [3.63, 3.8) is 0 Å². The highest BCUT2D eigenvalue weighted by Crippen LogP contribution is 2.29. The lowest BCUT2D eigenvalue weighted by Gasteiger charge is -2.29. The SMILES string of the molecule is Cc1ccc(C(=O)Nc2ccc(N3CCOCC3)c(Cl)c2)cc1Cl. The van der Waals surface area contributed by atoms with Crippen molar-refractivity contribution in [2.75, 3.05) is 36.5 Å². The molecule has 24 heavy (non-hydrogen) atoms. The quantitative estimate of drug-likeness (QED) is 0.877. The molecule has 0 aromatic heterocycles. The van der Waals surface area contributed by atoms with Crippen LogP contribution >= 0.6 is 23.2 Å². The minimum Gasteiger partial charge on any atom is -0.378 e. The monoisotopic (exact) mass is 364 g/mol. The molecule has 0 unspecified atom stereocenters. The van der Waals surface area contributed by atoms with E-state index in [0.717, 1.165) is 24.3 Å². The molecule has 126 valence electrons. The Labute approximate surface area is 151 Å². The van der Waals surface area contributed by atoms with Crippen molar-refractivity contribution < 1.29 is 9.53 Å². The lowest BCUT2D eigenvalue weighted by molar-refractivity contribution is 0.102. The van der Waals surface area contributed by atoms with Gasteiger partial charge in [-0.2, -0.15) is 0 Å². The predicted molar refractivity (Wildman–Crippen MR) is 98.6 cm³/mol. The lowest BCUT2D eigenvalue weighted by Crippen LogP contribution is -2.36. The second-order valence-corrected chi connectivity index (χ2v) is 6.50. The highest BCUT2D eigenvalue weighted by Gasteiger charge is 2.15. The highest BCUT2D eigenvalue weighted by atomic mass is 35.5. The molecule has 3 rings (SSSR count). The molecule has 0 bridgehead atoms. The number of aryl methyl sites for hydroxylation is 1. The maximum absolute atomic E-state index is 12.3. The van der Waals surface area contributed by atoms with Crippen LogP contribution in [0.15, 0.2) is 36.4 Å². The first-order chi connectivity index (χ1) is 11.5. The van der Waals surface area contributed by atoms with Gasteiger partial charge in [0.15, 0.2) is 0 Å². The molecule has 0 saturated carbocycles. The zero-order valence-electron chi connectivity index (χ0n) is 13.3. The largest absolute Gasteiger partial charge is 0.378 e. The van der Waals surface area contributed by atoms with Gasteiger partial charge in [0.2, 0.25) is 0 Å². The highest BCUT2D eigenvalue weighted by molar-refractivity contribution is 6.33. The minimum absolute atomic E-state index is 0.216. The van der Waals surface area contributed by atoms with Crippen molar-refractivity contribution >= 4 is 40.5 Å². The summed E-state index contributed by atoms with van der Waals surface area (Å²) in [7, 11) is 0. The minimum atomic E-state index is -0.216. The Balaban J connectivity index is 1.74. The van der Waals surface area contributed by atoms with Crippen molar-refractivity contribution in [2.24, 2.45) is 0 Å². The molecule has 0 spiro atoms. The van der Waals surface area contributed by atoms with E-state index < -0.39 is 0 Å². The summed E-state index contributed by atoms with van der Waals surface area (Å²) < 4.78 is 5.35. The Morgan fingerprint density at radius 1 is 1.08 bits per heavy atom. The fraction of sp³-hybridized carbons (Fsp3) is 0.278. The Kier molecular flexibility index (Phi) is 5.29. The molecule has 1 aliphatic rings. The fourth-order valence-electron chi connectivity index (χ4n) is 2.58. The van der Waals surface area contributed by atoms with E-state index in [-0.39, 0.29) is 5.91 Å². The van der Waals surface area contributed by atoms with Crippen molar-refractivity contribution in [1.82, 2.24) is 0 Å². The summed E-state index contributed by atoms with van der Waals surface area (Å²) >= 11 is 12.5. The number of amides is 1. The molecule has 4 nitrogen and oxygen atoms in total. The second kappa shape index (κ2) is 7.43. The van der Waals surface area contributed by atoms with Gasteiger partial charge in [0.05, 0.1) is 23.9 Å². The standard InChI is InChI=1S/C18H18Cl2N2O2/c1-12-2-3-13(10-15(12)19)18(23)21-14-4-5-17(16(20)11-14)22-6-8-24-9-7-22/h2-5,10-11H,6-9H2,1H3,(H,21,23). The number of morpholine rings is 1. The second-order valence-electron chi connectivity index (χ2n) is 5.68. The van der Waals surface area contributed by atoms with Crippen LogP contribution in [0.25, 0.3) is 0 Å². The van der Waals surface area contributed by atoms with E-state index in [1.165, 1.54) is 0 Å². The van der Waals surface area contributed by atoms with E-state index in [0.29, 0.717) is 34.5 Å². The molecule has 1 aliphatic heterocycles. The van der Waals surface area contributed by atoms with Gasteiger partial charge in [0.25, 0.3) is 5.91 Å². The molecule has 1 fully saturated rings. The van der Waals surface area contributed by atoms with Crippen LogP contribution in [0.2, 0.25) is 10.0 Å². The molecule has 2 aromatic rings. The normalized spacial score (nSPS) is 14.5. The Hall–Kier alpha value is -1.75. The van der Waals surface area contributed by atoms with E-state index in [9.17, 15) is 4.79 Å². The van der Waals surface area contributed by atoms with Gasteiger partial charge < -0.3 is 15.0 Å².